The summed E-state index contributed by atoms with van der Waals surface area (Å²) < 4.78 is 5.08. The van der Waals surface area contributed by atoms with Crippen LogP contribution in [0.5, 0.6) is 11.5 Å². The van der Waals surface area contributed by atoms with Crippen LogP contribution in [0.3, 0.4) is 0 Å². The predicted molar refractivity (Wildman–Crippen MR) is 82.6 cm³/mol. The van der Waals surface area contributed by atoms with Gasteiger partial charge in [0, 0.05) is 18.7 Å². The number of carbonyl (C=O) groups is 1. The van der Waals surface area contributed by atoms with Gasteiger partial charge in [0.1, 0.15) is 11.5 Å². The van der Waals surface area contributed by atoms with Crippen molar-refractivity contribution < 1.29 is 14.6 Å². The number of aryl methyl sites for hydroxylation is 2. The molecule has 4 nitrogen and oxygen atoms in total. The fourth-order valence-electron chi connectivity index (χ4n) is 2.08. The number of esters is 1. The second kappa shape index (κ2) is 6.22. The van der Waals surface area contributed by atoms with Crippen LogP contribution < -0.4 is 4.74 Å². The third kappa shape index (κ3) is 3.69. The van der Waals surface area contributed by atoms with Gasteiger partial charge in [-0.05, 0) is 49.2 Å². The number of hydrogen-bond donors (Lipinski definition) is 1. The number of aromatic hydroxyl groups is 1. The quantitative estimate of drug-likeness (QED) is 0.531. The van der Waals surface area contributed by atoms with Crippen LogP contribution in [0.25, 0.3) is 0 Å². The summed E-state index contributed by atoms with van der Waals surface area (Å²) in [6.45, 7) is 5.17. The van der Waals surface area contributed by atoms with E-state index in [4.69, 9.17) is 4.74 Å². The number of aliphatic imine (C=N–C) groups is 1. The summed E-state index contributed by atoms with van der Waals surface area (Å²) in [5, 5.41) is 9.72. The fraction of sp³-hybridized carbons (Fsp3) is 0.176. The first-order chi connectivity index (χ1) is 9.97. The van der Waals surface area contributed by atoms with Crippen LogP contribution in [0.2, 0.25) is 0 Å². The van der Waals surface area contributed by atoms with Gasteiger partial charge in [-0.15, -0.1) is 0 Å². The molecule has 0 aliphatic rings. The summed E-state index contributed by atoms with van der Waals surface area (Å²) in [5.74, 6) is 0.353. The van der Waals surface area contributed by atoms with Crippen LogP contribution in [0.15, 0.2) is 41.4 Å². The van der Waals surface area contributed by atoms with Crippen LogP contribution in [0.4, 0.5) is 5.69 Å². The number of phenols is 1. The Hall–Kier alpha value is -2.62. The maximum absolute atomic E-state index is 11.0. The highest BCUT2D eigenvalue weighted by molar-refractivity contribution is 5.86. The van der Waals surface area contributed by atoms with Crippen LogP contribution in [-0.4, -0.2) is 17.3 Å². The lowest BCUT2D eigenvalue weighted by molar-refractivity contribution is -0.131. The summed E-state index contributed by atoms with van der Waals surface area (Å²) in [7, 11) is 0. The fourth-order valence-corrected chi connectivity index (χ4v) is 2.08. The summed E-state index contributed by atoms with van der Waals surface area (Å²) in [5.41, 5.74) is 3.25. The number of carbonyl (C=O) groups excluding carboxylic acids is 1. The molecule has 0 aliphatic carbocycles. The Bertz CT molecular complexity index is 682. The smallest absolute Gasteiger partial charge is 0.308 e. The van der Waals surface area contributed by atoms with Gasteiger partial charge in [-0.2, -0.15) is 0 Å². The summed E-state index contributed by atoms with van der Waals surface area (Å²) in [6.07, 6.45) is 1.62. The van der Waals surface area contributed by atoms with Crippen molar-refractivity contribution in [2.45, 2.75) is 20.8 Å². The molecule has 21 heavy (non-hydrogen) atoms. The zero-order valence-electron chi connectivity index (χ0n) is 12.3. The maximum Gasteiger partial charge on any atom is 0.308 e. The van der Waals surface area contributed by atoms with Crippen LogP contribution in [0.1, 0.15) is 23.6 Å². The van der Waals surface area contributed by atoms with Gasteiger partial charge in [-0.25, -0.2) is 0 Å². The first kappa shape index (κ1) is 14.8. The highest BCUT2D eigenvalue weighted by Crippen LogP contribution is 2.29. The summed E-state index contributed by atoms with van der Waals surface area (Å²) >= 11 is 0. The van der Waals surface area contributed by atoms with Crippen molar-refractivity contribution in [3.05, 3.63) is 53.1 Å². The van der Waals surface area contributed by atoms with Gasteiger partial charge in [-0.1, -0.05) is 12.1 Å². The highest BCUT2D eigenvalue weighted by Gasteiger charge is 2.06. The Kier molecular flexibility index (Phi) is 4.38. The average molecular weight is 283 g/mol. The summed E-state index contributed by atoms with van der Waals surface area (Å²) in [4.78, 5) is 15.4. The van der Waals surface area contributed by atoms with Gasteiger partial charge in [0.05, 0.1) is 5.69 Å². The zero-order valence-corrected chi connectivity index (χ0v) is 12.3. The topological polar surface area (TPSA) is 58.9 Å². The third-order valence-corrected chi connectivity index (χ3v) is 3.00. The van der Waals surface area contributed by atoms with E-state index in [1.807, 2.05) is 19.9 Å². The van der Waals surface area contributed by atoms with E-state index in [-0.39, 0.29) is 11.7 Å². The van der Waals surface area contributed by atoms with Crippen molar-refractivity contribution in [2.75, 3.05) is 0 Å². The molecule has 0 amide bonds. The Morgan fingerprint density at radius 3 is 2.38 bits per heavy atom. The van der Waals surface area contributed by atoms with Gasteiger partial charge in [-0.3, -0.25) is 9.79 Å². The Balaban J connectivity index is 2.33. The Morgan fingerprint density at radius 2 is 1.81 bits per heavy atom. The minimum absolute atomic E-state index is 0.188. The molecular weight excluding hydrogens is 266 g/mol. The SMILES string of the molecule is CC(=O)Oc1cc(C)c(N=Cc2ccccc2O)c(C)c1. The largest absolute Gasteiger partial charge is 0.507 e. The Labute approximate surface area is 123 Å². The van der Waals surface area contributed by atoms with E-state index < -0.39 is 0 Å². The molecule has 108 valence electrons. The number of para-hydroxylation sites is 1. The van der Waals surface area contributed by atoms with Gasteiger partial charge in [0.2, 0.25) is 0 Å². The molecule has 0 bridgehead atoms. The van der Waals surface area contributed by atoms with E-state index in [1.165, 1.54) is 6.92 Å². The molecule has 0 unspecified atom stereocenters. The first-order valence-corrected chi connectivity index (χ1v) is 6.59. The lowest BCUT2D eigenvalue weighted by Gasteiger charge is -2.08. The van der Waals surface area contributed by atoms with Crippen LogP contribution in [0, 0.1) is 13.8 Å². The van der Waals surface area contributed by atoms with Gasteiger partial charge >= 0.3 is 5.97 Å². The zero-order chi connectivity index (χ0) is 15.4. The summed E-state index contributed by atoms with van der Waals surface area (Å²) in [6, 6.07) is 10.5. The van der Waals surface area contributed by atoms with Crippen molar-refractivity contribution in [1.29, 1.82) is 0 Å². The molecule has 0 atom stereocenters. The monoisotopic (exact) mass is 283 g/mol. The second-order valence-corrected chi connectivity index (χ2v) is 4.82. The molecule has 0 spiro atoms. The van der Waals surface area contributed by atoms with Crippen molar-refractivity contribution in [2.24, 2.45) is 4.99 Å². The first-order valence-electron chi connectivity index (χ1n) is 6.59. The van der Waals surface area contributed by atoms with E-state index in [0.717, 1.165) is 16.8 Å². The number of phenolic OH excluding ortho intramolecular Hbond substituents is 1. The second-order valence-electron chi connectivity index (χ2n) is 4.82. The third-order valence-electron chi connectivity index (χ3n) is 3.00. The number of rotatable bonds is 3. The van der Waals surface area contributed by atoms with Gasteiger partial charge < -0.3 is 9.84 Å². The maximum atomic E-state index is 11.0. The highest BCUT2D eigenvalue weighted by atomic mass is 16.5. The van der Waals surface area contributed by atoms with Crippen molar-refractivity contribution >= 4 is 17.9 Å². The molecule has 0 saturated carbocycles. The molecule has 0 aromatic heterocycles. The normalized spacial score (nSPS) is 10.8. The minimum atomic E-state index is -0.348. The van der Waals surface area contributed by atoms with Crippen molar-refractivity contribution in [3.8, 4) is 11.5 Å². The number of ether oxygens (including phenoxy) is 1. The van der Waals surface area contributed by atoms with E-state index >= 15 is 0 Å². The van der Waals surface area contributed by atoms with E-state index in [9.17, 15) is 9.90 Å². The molecular formula is C17H17NO3. The van der Waals surface area contributed by atoms with Crippen LogP contribution in [-0.2, 0) is 4.79 Å². The number of benzene rings is 2. The molecule has 0 aliphatic heterocycles. The molecule has 0 radical (unpaired) electrons. The van der Waals surface area contributed by atoms with E-state index in [1.54, 1.807) is 36.5 Å². The lowest BCUT2D eigenvalue weighted by Crippen LogP contribution is -2.01. The molecule has 1 N–H and O–H groups in total. The predicted octanol–water partition coefficient (Wildman–Crippen LogP) is 3.68. The van der Waals surface area contributed by atoms with Gasteiger partial charge in [0.15, 0.2) is 0 Å². The average Bonchev–Trinajstić information content (AvgIpc) is 2.39. The lowest BCUT2D eigenvalue weighted by atomic mass is 10.1. The van der Waals surface area contributed by atoms with Gasteiger partial charge in [0.25, 0.3) is 0 Å². The molecule has 0 saturated heterocycles. The molecule has 2 aromatic carbocycles. The molecule has 0 fully saturated rings. The Morgan fingerprint density at radius 1 is 1.19 bits per heavy atom. The van der Waals surface area contributed by atoms with Crippen molar-refractivity contribution in [1.82, 2.24) is 0 Å². The molecule has 4 heteroatoms. The molecule has 2 aromatic rings. The standard InChI is InChI=1S/C17H17NO3/c1-11-8-15(21-13(3)19)9-12(2)17(11)18-10-14-6-4-5-7-16(14)20/h4-10,20H,1-3H3. The molecule has 0 heterocycles. The van der Waals surface area contributed by atoms with Crippen molar-refractivity contribution in [3.63, 3.8) is 0 Å². The number of hydrogen-bond acceptors (Lipinski definition) is 4. The minimum Gasteiger partial charge on any atom is -0.507 e. The molecule has 2 rings (SSSR count). The van der Waals surface area contributed by atoms with Crippen LogP contribution >= 0.6 is 0 Å². The van der Waals surface area contributed by atoms with E-state index in [0.29, 0.717) is 11.3 Å². The van der Waals surface area contributed by atoms with E-state index in [2.05, 4.69) is 4.99 Å². The number of nitrogens with zero attached hydrogens (tertiary/aromatic N) is 1.